The normalized spacial score (nSPS) is 14.7. The van der Waals surface area contributed by atoms with Gasteiger partial charge in [0.25, 0.3) is 0 Å². The van der Waals surface area contributed by atoms with Crippen molar-refractivity contribution < 1.29 is 18.6 Å². The number of rotatable bonds is 10. The van der Waals surface area contributed by atoms with Crippen LogP contribution in [-0.4, -0.2) is 0 Å². The van der Waals surface area contributed by atoms with Gasteiger partial charge in [-0.15, -0.1) is 0 Å². The van der Waals surface area contributed by atoms with Gasteiger partial charge in [-0.25, -0.2) is 0 Å². The van der Waals surface area contributed by atoms with Crippen LogP contribution in [0.15, 0.2) is 146 Å². The molecule has 0 fully saturated rings. The number of hydrogen-bond acceptors (Lipinski definition) is 4. The van der Waals surface area contributed by atoms with Crippen LogP contribution < -0.4 is 24.6 Å². The molecule has 6 aromatic rings. The Morgan fingerprint density at radius 3 is 1.91 bits per heavy atom. The molecule has 47 heavy (non-hydrogen) atoms. The zero-order valence-corrected chi connectivity index (χ0v) is 27.2. The van der Waals surface area contributed by atoms with Crippen LogP contribution in [0.2, 0.25) is 0 Å². The molecule has 7 rings (SSSR count). The molecule has 0 radical (unpaired) electrons. The number of aryl methyl sites for hydroxylation is 1. The van der Waals surface area contributed by atoms with E-state index in [0.717, 1.165) is 39.8 Å². The first kappa shape index (κ1) is 30.3. The molecule has 0 aliphatic carbocycles. The van der Waals surface area contributed by atoms with Crippen molar-refractivity contribution >= 4 is 24.1 Å². The summed E-state index contributed by atoms with van der Waals surface area (Å²) in [5, 5.41) is 1.10. The summed E-state index contributed by atoms with van der Waals surface area (Å²) in [5.74, 6) is 1.65. The Morgan fingerprint density at radius 1 is 0.638 bits per heavy atom. The summed E-state index contributed by atoms with van der Waals surface area (Å²) >= 11 is 0. The molecule has 5 heteroatoms. The first-order valence-electron chi connectivity index (χ1n) is 15.8. The summed E-state index contributed by atoms with van der Waals surface area (Å²) in [6, 6.07) is 46.0. The first-order chi connectivity index (χ1) is 23.0. The van der Waals surface area contributed by atoms with Gasteiger partial charge in [0.05, 0.1) is 10.6 Å². The van der Waals surface area contributed by atoms with Gasteiger partial charge < -0.3 is 14.0 Å². The van der Waals surface area contributed by atoms with E-state index in [1.807, 2.05) is 97.1 Å². The van der Waals surface area contributed by atoms with Crippen LogP contribution in [0.25, 0.3) is 28.3 Å². The molecule has 0 bridgehead atoms. The van der Waals surface area contributed by atoms with Crippen LogP contribution in [0, 0.1) is 0 Å². The van der Waals surface area contributed by atoms with E-state index in [9.17, 15) is 0 Å². The molecule has 0 saturated carbocycles. The third-order valence-electron chi connectivity index (χ3n) is 8.54. The monoisotopic (exact) mass is 634 g/mol. The predicted molar refractivity (Wildman–Crippen MR) is 192 cm³/mol. The number of hydrogen-bond donors (Lipinski definition) is 0. The Morgan fingerprint density at radius 2 is 1.23 bits per heavy atom. The van der Waals surface area contributed by atoms with E-state index in [1.165, 1.54) is 11.1 Å². The van der Waals surface area contributed by atoms with E-state index in [0.29, 0.717) is 41.1 Å². The van der Waals surface area contributed by atoms with Crippen LogP contribution >= 0.6 is 7.37 Å². The standard InChI is InChI=1S/C42H35O4P/c1-3-30-13-15-32(16-14-30)28-44-36-25-26-40(45-29-33-19-23-35(24-20-33)34-21-17-31(4-2)18-22-34)42(27-36)47(43)41-12-8-6-10-38(41)37-9-5-7-11-39(37)46-47/h3,5-27H,1,4,28-29H2,2H3. The Balaban J connectivity index is 1.21. The van der Waals surface area contributed by atoms with Gasteiger partial charge >= 0.3 is 7.37 Å². The molecule has 232 valence electrons. The molecule has 4 nitrogen and oxygen atoms in total. The van der Waals surface area contributed by atoms with Crippen molar-refractivity contribution in [1.82, 2.24) is 0 Å². The third kappa shape index (κ3) is 6.25. The quantitative estimate of drug-likeness (QED) is 0.141. The van der Waals surface area contributed by atoms with Crippen molar-refractivity contribution in [3.8, 4) is 39.5 Å². The number of ether oxygens (including phenoxy) is 2. The van der Waals surface area contributed by atoms with Gasteiger partial charge in [0, 0.05) is 5.56 Å². The summed E-state index contributed by atoms with van der Waals surface area (Å²) in [5.41, 5.74) is 8.51. The molecule has 1 heterocycles. The van der Waals surface area contributed by atoms with Crippen molar-refractivity contribution in [3.63, 3.8) is 0 Å². The van der Waals surface area contributed by atoms with Crippen molar-refractivity contribution in [1.29, 1.82) is 0 Å². The molecule has 1 atom stereocenters. The molecule has 1 unspecified atom stereocenters. The average molecular weight is 635 g/mol. The van der Waals surface area contributed by atoms with Crippen molar-refractivity contribution in [2.45, 2.75) is 26.6 Å². The fraction of sp³-hybridized carbons (Fsp3) is 0.0952. The second kappa shape index (κ2) is 13.2. The number of para-hydroxylation sites is 1. The van der Waals surface area contributed by atoms with E-state index in [4.69, 9.17) is 14.0 Å². The predicted octanol–water partition coefficient (Wildman–Crippen LogP) is 10.0. The molecule has 0 aromatic heterocycles. The van der Waals surface area contributed by atoms with Gasteiger partial charge in [0.2, 0.25) is 0 Å². The summed E-state index contributed by atoms with van der Waals surface area (Å²) < 4.78 is 34.4. The second-order valence-electron chi connectivity index (χ2n) is 11.6. The molecule has 0 spiro atoms. The fourth-order valence-corrected chi connectivity index (χ4v) is 8.25. The zero-order chi connectivity index (χ0) is 32.2. The maximum absolute atomic E-state index is 15.2. The third-order valence-corrected chi connectivity index (χ3v) is 11.0. The van der Waals surface area contributed by atoms with E-state index in [2.05, 4.69) is 62.0 Å². The molecule has 0 N–H and O–H groups in total. The van der Waals surface area contributed by atoms with Gasteiger partial charge in [-0.05, 0) is 75.7 Å². The summed E-state index contributed by atoms with van der Waals surface area (Å²) in [7, 11) is -3.65. The minimum atomic E-state index is -3.65. The van der Waals surface area contributed by atoms with Crippen molar-refractivity contribution in [3.05, 3.63) is 168 Å². The largest absolute Gasteiger partial charge is 0.489 e. The van der Waals surface area contributed by atoms with Gasteiger partial charge in [-0.2, -0.15) is 0 Å². The summed E-state index contributed by atoms with van der Waals surface area (Å²) in [4.78, 5) is 0. The Kier molecular flexibility index (Phi) is 8.52. The Labute approximate surface area is 276 Å². The SMILES string of the molecule is C=Cc1ccc(COc2ccc(OCc3ccc(-c4ccc(CC)cc4)cc3)c(P3(=O)Oc4ccccc4-c4ccccc43)c2)cc1. The zero-order valence-electron chi connectivity index (χ0n) is 26.3. The Hall–Kier alpha value is -5.31. The maximum atomic E-state index is 15.2. The highest BCUT2D eigenvalue weighted by Gasteiger charge is 2.40. The summed E-state index contributed by atoms with van der Waals surface area (Å²) in [6.45, 7) is 6.65. The minimum Gasteiger partial charge on any atom is -0.489 e. The second-order valence-corrected chi connectivity index (χ2v) is 13.8. The topological polar surface area (TPSA) is 44.8 Å². The smallest absolute Gasteiger partial charge is 0.311 e. The van der Waals surface area contributed by atoms with Gasteiger partial charge in [-0.3, -0.25) is 4.57 Å². The maximum Gasteiger partial charge on any atom is 0.311 e. The lowest BCUT2D eigenvalue weighted by molar-refractivity contribution is 0.299. The van der Waals surface area contributed by atoms with Gasteiger partial charge in [0.15, 0.2) is 0 Å². The highest BCUT2D eigenvalue weighted by Crippen LogP contribution is 2.55. The molecule has 6 aromatic carbocycles. The van der Waals surface area contributed by atoms with Crippen LogP contribution in [0.5, 0.6) is 17.2 Å². The van der Waals surface area contributed by atoms with Crippen molar-refractivity contribution in [2.75, 3.05) is 0 Å². The van der Waals surface area contributed by atoms with Gasteiger partial charge in [-0.1, -0.05) is 129 Å². The highest BCUT2D eigenvalue weighted by molar-refractivity contribution is 7.75. The minimum absolute atomic E-state index is 0.302. The molecule has 0 amide bonds. The fourth-order valence-electron chi connectivity index (χ4n) is 5.84. The number of benzene rings is 6. The van der Waals surface area contributed by atoms with Crippen LogP contribution in [0.4, 0.5) is 0 Å². The van der Waals surface area contributed by atoms with Crippen molar-refractivity contribution in [2.24, 2.45) is 0 Å². The molecule has 0 saturated heterocycles. The van der Waals surface area contributed by atoms with E-state index < -0.39 is 7.37 Å². The lowest BCUT2D eigenvalue weighted by atomic mass is 10.0. The molecule has 1 aliphatic rings. The molecular formula is C42H35O4P. The highest BCUT2D eigenvalue weighted by atomic mass is 31.2. The molecular weight excluding hydrogens is 599 g/mol. The number of fused-ring (bicyclic) bond motifs is 3. The van der Waals surface area contributed by atoms with E-state index in [1.54, 1.807) is 0 Å². The van der Waals surface area contributed by atoms with E-state index in [-0.39, 0.29) is 0 Å². The Bertz CT molecular complexity index is 2080. The first-order valence-corrected chi connectivity index (χ1v) is 17.4. The lowest BCUT2D eigenvalue weighted by Gasteiger charge is -2.30. The average Bonchev–Trinajstić information content (AvgIpc) is 3.14. The van der Waals surface area contributed by atoms with E-state index >= 15 is 4.57 Å². The summed E-state index contributed by atoms with van der Waals surface area (Å²) in [6.07, 6.45) is 2.83. The van der Waals surface area contributed by atoms with Crippen LogP contribution in [0.3, 0.4) is 0 Å². The molecule has 1 aliphatic heterocycles. The van der Waals surface area contributed by atoms with Crippen LogP contribution in [-0.2, 0) is 24.2 Å². The lowest BCUT2D eigenvalue weighted by Crippen LogP contribution is -2.26. The van der Waals surface area contributed by atoms with Crippen LogP contribution in [0.1, 0.15) is 29.2 Å². The van der Waals surface area contributed by atoms with Gasteiger partial charge in [0.1, 0.15) is 30.5 Å².